The second kappa shape index (κ2) is 10.5. The third kappa shape index (κ3) is 6.34. The van der Waals surface area contributed by atoms with Crippen LogP contribution in [-0.2, 0) is 9.36 Å². The molecule has 0 unspecified atom stereocenters. The second-order valence-electron chi connectivity index (χ2n) is 7.35. The van der Waals surface area contributed by atoms with Crippen LogP contribution >= 0.6 is 18.7 Å². The average Bonchev–Trinajstić information content (AvgIpc) is 2.77. The molecule has 3 rings (SSSR count). The number of nitrogens with one attached hydrogen (secondary N) is 3. The third-order valence-electron chi connectivity index (χ3n) is 4.46. The quantitative estimate of drug-likeness (QED) is 0.275. The fraction of sp³-hybridized carbons (Fsp3) is 0.174. The number of aromatic nitrogens is 2. The number of amides is 1. The van der Waals surface area contributed by atoms with Crippen LogP contribution in [-0.4, -0.2) is 35.8 Å². The summed E-state index contributed by atoms with van der Waals surface area (Å²) in [5.74, 6) is 0.834. The lowest BCUT2D eigenvalue weighted by molar-refractivity contribution is -0.111. The largest absolute Gasteiger partial charge is 0.492 e. The number of hydrogen-bond acceptors (Lipinski definition) is 7. The van der Waals surface area contributed by atoms with Gasteiger partial charge in [0.15, 0.2) is 5.82 Å². The number of hydrogen-bond donors (Lipinski definition) is 3. The van der Waals surface area contributed by atoms with E-state index in [2.05, 4.69) is 32.5 Å². The zero-order valence-electron chi connectivity index (χ0n) is 18.6. The van der Waals surface area contributed by atoms with Crippen molar-refractivity contribution in [3.63, 3.8) is 0 Å². The lowest BCUT2D eigenvalue weighted by Crippen LogP contribution is -2.11. The van der Waals surface area contributed by atoms with Crippen molar-refractivity contribution in [2.75, 3.05) is 35.9 Å². The number of para-hydroxylation sites is 1. The highest BCUT2D eigenvalue weighted by atomic mass is 35.5. The van der Waals surface area contributed by atoms with E-state index < -0.39 is 7.14 Å². The van der Waals surface area contributed by atoms with Crippen LogP contribution in [0.5, 0.6) is 5.75 Å². The topological polar surface area (TPSA) is 105 Å². The maximum Gasteiger partial charge on any atom is 0.247 e. The maximum absolute atomic E-state index is 12.7. The van der Waals surface area contributed by atoms with Crippen molar-refractivity contribution < 1.29 is 14.1 Å². The first kappa shape index (κ1) is 24.3. The van der Waals surface area contributed by atoms with Gasteiger partial charge in [-0.25, -0.2) is 4.98 Å². The van der Waals surface area contributed by atoms with Crippen LogP contribution in [0.1, 0.15) is 6.92 Å². The molecule has 172 valence electrons. The van der Waals surface area contributed by atoms with Crippen LogP contribution in [0.25, 0.3) is 0 Å². The Balaban J connectivity index is 1.93. The Hall–Kier alpha value is -3.35. The Bertz CT molecular complexity index is 1230. The molecule has 33 heavy (non-hydrogen) atoms. The summed E-state index contributed by atoms with van der Waals surface area (Å²) < 4.78 is 18.4. The molecule has 0 spiro atoms. The molecule has 2 aromatic carbocycles. The monoisotopic (exact) mass is 485 g/mol. The van der Waals surface area contributed by atoms with Gasteiger partial charge in [0.05, 0.1) is 24.2 Å². The molecule has 8 nitrogen and oxygen atoms in total. The van der Waals surface area contributed by atoms with Gasteiger partial charge in [0.1, 0.15) is 17.9 Å². The number of anilines is 5. The molecule has 1 heterocycles. The molecule has 1 aromatic heterocycles. The molecule has 0 aliphatic heterocycles. The summed E-state index contributed by atoms with van der Waals surface area (Å²) in [7, 11) is -2.53. The van der Waals surface area contributed by atoms with Crippen molar-refractivity contribution >= 4 is 58.8 Å². The minimum absolute atomic E-state index is 0.253. The Labute approximate surface area is 197 Å². The Morgan fingerprint density at radius 1 is 1.18 bits per heavy atom. The van der Waals surface area contributed by atoms with Gasteiger partial charge in [0.25, 0.3) is 0 Å². The number of carbonyl (C=O) groups is 1. The molecule has 3 aromatic rings. The fourth-order valence-corrected chi connectivity index (χ4v) is 4.29. The number of benzene rings is 2. The third-order valence-corrected chi connectivity index (χ3v) is 6.29. The van der Waals surface area contributed by atoms with Crippen molar-refractivity contribution in [3.8, 4) is 5.75 Å². The van der Waals surface area contributed by atoms with Gasteiger partial charge in [-0.3, -0.25) is 4.79 Å². The molecule has 10 heteroatoms. The number of rotatable bonds is 9. The molecule has 0 fully saturated rings. The predicted molar refractivity (Wildman–Crippen MR) is 136 cm³/mol. The van der Waals surface area contributed by atoms with Crippen LogP contribution in [0.3, 0.4) is 0 Å². The lowest BCUT2D eigenvalue weighted by atomic mass is 10.2. The van der Waals surface area contributed by atoms with Crippen molar-refractivity contribution in [2.24, 2.45) is 0 Å². The molecule has 0 radical (unpaired) electrons. The zero-order chi connectivity index (χ0) is 24.0. The number of nitrogens with zero attached hydrogens (tertiary/aromatic N) is 2. The van der Waals surface area contributed by atoms with Gasteiger partial charge >= 0.3 is 0 Å². The number of carbonyl (C=O) groups excluding carboxylic acids is 1. The maximum atomic E-state index is 12.7. The normalized spacial score (nSPS) is 10.9. The smallest absolute Gasteiger partial charge is 0.247 e. The minimum atomic E-state index is -2.53. The van der Waals surface area contributed by atoms with E-state index in [1.807, 2.05) is 31.2 Å². The summed E-state index contributed by atoms with van der Waals surface area (Å²) >= 11 is 6.33. The summed E-state index contributed by atoms with van der Waals surface area (Å²) in [6.07, 6.45) is 2.65. The summed E-state index contributed by atoms with van der Waals surface area (Å²) in [6, 6.07) is 12.5. The Morgan fingerprint density at radius 3 is 2.64 bits per heavy atom. The van der Waals surface area contributed by atoms with E-state index in [4.69, 9.17) is 16.3 Å². The van der Waals surface area contributed by atoms with Gasteiger partial charge in [0.2, 0.25) is 11.9 Å². The molecule has 0 atom stereocenters. The first-order valence-electron chi connectivity index (χ1n) is 10.1. The van der Waals surface area contributed by atoms with Crippen LogP contribution in [0.4, 0.5) is 28.8 Å². The van der Waals surface area contributed by atoms with Gasteiger partial charge < -0.3 is 25.3 Å². The number of halogens is 1. The van der Waals surface area contributed by atoms with E-state index in [0.29, 0.717) is 45.6 Å². The van der Waals surface area contributed by atoms with Gasteiger partial charge in [-0.2, -0.15) is 4.98 Å². The highest BCUT2D eigenvalue weighted by Crippen LogP contribution is 2.39. The second-order valence-corrected chi connectivity index (χ2v) is 10.9. The molecule has 0 aliphatic rings. The molecular weight excluding hydrogens is 461 g/mol. The van der Waals surface area contributed by atoms with E-state index in [1.165, 1.54) is 12.3 Å². The van der Waals surface area contributed by atoms with Crippen molar-refractivity contribution in [2.45, 2.75) is 6.92 Å². The summed E-state index contributed by atoms with van der Waals surface area (Å²) in [4.78, 5) is 20.4. The predicted octanol–water partition coefficient (Wildman–Crippen LogP) is 5.39. The van der Waals surface area contributed by atoms with E-state index in [-0.39, 0.29) is 11.9 Å². The van der Waals surface area contributed by atoms with Gasteiger partial charge in [-0.1, -0.05) is 30.3 Å². The highest BCUT2D eigenvalue weighted by Gasteiger charge is 2.17. The van der Waals surface area contributed by atoms with Crippen LogP contribution in [0, 0.1) is 0 Å². The molecular formula is C23H25ClN5O3P. The molecule has 0 bridgehead atoms. The van der Waals surface area contributed by atoms with Crippen LogP contribution in [0.2, 0.25) is 5.02 Å². The number of ether oxygens (including phenoxy) is 1. The van der Waals surface area contributed by atoms with Crippen molar-refractivity contribution in [1.29, 1.82) is 0 Å². The minimum Gasteiger partial charge on any atom is -0.492 e. The summed E-state index contributed by atoms with van der Waals surface area (Å²) in [5, 5.41) is 9.97. The highest BCUT2D eigenvalue weighted by molar-refractivity contribution is 7.70. The van der Waals surface area contributed by atoms with Crippen LogP contribution in [0.15, 0.2) is 61.3 Å². The van der Waals surface area contributed by atoms with E-state index >= 15 is 0 Å². The van der Waals surface area contributed by atoms with Gasteiger partial charge in [0, 0.05) is 11.0 Å². The standard InChI is InChI=1S/C23H25ClN5O3P/c1-5-21(30)26-15-11-12-19(32-6-2)18(13-15)28-23-25-14-16(24)22(29-23)27-17-9-7-8-10-20(17)33(3,4)31/h5,7-14H,1,6H2,2-4H3,(H,26,30)(H2,25,27,28,29). The van der Waals surface area contributed by atoms with Crippen molar-refractivity contribution in [1.82, 2.24) is 9.97 Å². The zero-order valence-corrected chi connectivity index (χ0v) is 20.2. The van der Waals surface area contributed by atoms with E-state index in [0.717, 1.165) is 0 Å². The summed E-state index contributed by atoms with van der Waals surface area (Å²) in [6.45, 7) is 9.19. The van der Waals surface area contributed by atoms with Gasteiger partial charge in [-0.05, 0) is 56.7 Å². The van der Waals surface area contributed by atoms with E-state index in [1.54, 1.807) is 31.5 Å². The first-order valence-corrected chi connectivity index (χ1v) is 13.1. The molecule has 0 saturated carbocycles. The molecule has 0 saturated heterocycles. The molecule has 3 N–H and O–H groups in total. The first-order chi connectivity index (χ1) is 15.7. The van der Waals surface area contributed by atoms with Crippen molar-refractivity contribution in [3.05, 3.63) is 66.3 Å². The van der Waals surface area contributed by atoms with E-state index in [9.17, 15) is 9.36 Å². The Morgan fingerprint density at radius 2 is 1.94 bits per heavy atom. The Kier molecular flexibility index (Phi) is 7.74. The molecule has 1 amide bonds. The average molecular weight is 486 g/mol. The lowest BCUT2D eigenvalue weighted by Gasteiger charge is -2.16. The van der Waals surface area contributed by atoms with Crippen LogP contribution < -0.4 is 26.0 Å². The SMILES string of the molecule is C=CC(=O)Nc1ccc(OCC)c(Nc2ncc(Cl)c(Nc3ccccc3P(C)(C)=O)n2)c1. The fourth-order valence-electron chi connectivity index (χ4n) is 2.99. The summed E-state index contributed by atoms with van der Waals surface area (Å²) in [5.41, 5.74) is 1.76. The van der Waals surface area contributed by atoms with Gasteiger partial charge in [-0.15, -0.1) is 0 Å². The molecule has 0 aliphatic carbocycles.